The van der Waals surface area contributed by atoms with Gasteiger partial charge < -0.3 is 20.3 Å². The van der Waals surface area contributed by atoms with Gasteiger partial charge in [-0.15, -0.1) is 0 Å². The first kappa shape index (κ1) is 16.9. The van der Waals surface area contributed by atoms with E-state index in [-0.39, 0.29) is 10.0 Å². The summed E-state index contributed by atoms with van der Waals surface area (Å²) < 4.78 is 4.56. The third-order valence-corrected chi connectivity index (χ3v) is 3.55. The van der Waals surface area contributed by atoms with Crippen molar-refractivity contribution in [1.82, 2.24) is 0 Å². The van der Waals surface area contributed by atoms with E-state index in [1.807, 2.05) is 0 Å². The molecule has 120 valence electrons. The number of amides is 1. The number of hydrogen-bond donors (Lipinski definition) is 3. The maximum atomic E-state index is 12.2. The van der Waals surface area contributed by atoms with Crippen LogP contribution >= 0.6 is 23.2 Å². The van der Waals surface area contributed by atoms with Gasteiger partial charge in [0.05, 0.1) is 22.7 Å². The van der Waals surface area contributed by atoms with E-state index in [2.05, 4.69) is 10.1 Å². The Balaban J connectivity index is 2.28. The first-order chi connectivity index (χ1) is 10.8. The SMILES string of the molecule is COC(=O)c1ccc(NC(=O)c2c(O)c(Cl)cc(Cl)c2O)cc1. The van der Waals surface area contributed by atoms with Crippen LogP contribution in [0, 0.1) is 0 Å². The van der Waals surface area contributed by atoms with E-state index in [0.717, 1.165) is 6.07 Å². The molecular formula is C15H11Cl2NO5. The number of benzene rings is 2. The van der Waals surface area contributed by atoms with Crippen molar-refractivity contribution in [3.8, 4) is 11.5 Å². The molecule has 6 nitrogen and oxygen atoms in total. The summed E-state index contributed by atoms with van der Waals surface area (Å²) in [4.78, 5) is 23.5. The fourth-order valence-electron chi connectivity index (χ4n) is 1.82. The lowest BCUT2D eigenvalue weighted by Gasteiger charge is -2.11. The molecule has 2 aromatic carbocycles. The summed E-state index contributed by atoms with van der Waals surface area (Å²) in [6.45, 7) is 0. The Morgan fingerprint density at radius 3 is 2.04 bits per heavy atom. The number of hydrogen-bond acceptors (Lipinski definition) is 5. The van der Waals surface area contributed by atoms with Gasteiger partial charge in [0.25, 0.3) is 5.91 Å². The van der Waals surface area contributed by atoms with Gasteiger partial charge >= 0.3 is 5.97 Å². The van der Waals surface area contributed by atoms with Crippen molar-refractivity contribution in [1.29, 1.82) is 0 Å². The number of phenols is 2. The molecular weight excluding hydrogens is 345 g/mol. The number of ether oxygens (including phenoxy) is 1. The van der Waals surface area contributed by atoms with Gasteiger partial charge in [-0.1, -0.05) is 23.2 Å². The van der Waals surface area contributed by atoms with Crippen LogP contribution in [0.15, 0.2) is 30.3 Å². The van der Waals surface area contributed by atoms with Gasteiger partial charge in [0, 0.05) is 5.69 Å². The van der Waals surface area contributed by atoms with Crippen molar-refractivity contribution >= 4 is 40.8 Å². The molecule has 0 atom stereocenters. The van der Waals surface area contributed by atoms with E-state index >= 15 is 0 Å². The molecule has 0 saturated heterocycles. The Bertz CT molecular complexity index is 748. The summed E-state index contributed by atoms with van der Waals surface area (Å²) in [5.74, 6) is -2.50. The molecule has 0 saturated carbocycles. The standard InChI is InChI=1S/C15H11Cl2NO5/c1-23-15(22)7-2-4-8(5-3-7)18-14(21)11-12(19)9(16)6-10(17)13(11)20/h2-6,19-20H,1H3,(H,18,21). The van der Waals surface area contributed by atoms with E-state index in [4.69, 9.17) is 23.2 Å². The second kappa shape index (κ2) is 6.76. The number of carbonyl (C=O) groups excluding carboxylic acids is 2. The number of esters is 1. The van der Waals surface area contributed by atoms with Gasteiger partial charge in [0.1, 0.15) is 5.56 Å². The fraction of sp³-hybridized carbons (Fsp3) is 0.0667. The molecule has 0 spiro atoms. The third kappa shape index (κ3) is 3.49. The molecule has 2 rings (SSSR count). The average Bonchev–Trinajstić information content (AvgIpc) is 2.53. The highest BCUT2D eigenvalue weighted by Gasteiger charge is 2.22. The Morgan fingerprint density at radius 1 is 1.04 bits per heavy atom. The minimum Gasteiger partial charge on any atom is -0.505 e. The van der Waals surface area contributed by atoms with Crippen molar-refractivity contribution in [2.45, 2.75) is 0 Å². The van der Waals surface area contributed by atoms with Crippen molar-refractivity contribution in [2.75, 3.05) is 12.4 Å². The minimum atomic E-state index is -0.810. The largest absolute Gasteiger partial charge is 0.505 e. The summed E-state index contributed by atoms with van der Waals surface area (Å²) in [5.41, 5.74) is 0.194. The zero-order chi connectivity index (χ0) is 17.1. The van der Waals surface area contributed by atoms with E-state index in [0.29, 0.717) is 11.3 Å². The van der Waals surface area contributed by atoms with Gasteiger partial charge in [-0.25, -0.2) is 4.79 Å². The second-order valence-corrected chi connectivity index (χ2v) is 5.25. The van der Waals surface area contributed by atoms with Gasteiger partial charge in [-0.3, -0.25) is 4.79 Å². The lowest BCUT2D eigenvalue weighted by atomic mass is 10.1. The van der Waals surface area contributed by atoms with Crippen LogP contribution in [-0.2, 0) is 4.74 Å². The number of phenolic OH excluding ortho intramolecular Hbond substituents is 2. The van der Waals surface area contributed by atoms with E-state index in [1.54, 1.807) is 0 Å². The minimum absolute atomic E-state index is 0.168. The molecule has 3 N–H and O–H groups in total. The molecule has 0 aliphatic heterocycles. The number of aromatic hydroxyl groups is 2. The molecule has 0 unspecified atom stereocenters. The molecule has 0 aromatic heterocycles. The van der Waals surface area contributed by atoms with Gasteiger partial charge in [-0.05, 0) is 30.3 Å². The number of rotatable bonds is 3. The van der Waals surface area contributed by atoms with Crippen LogP contribution in [0.1, 0.15) is 20.7 Å². The smallest absolute Gasteiger partial charge is 0.337 e. The Kier molecular flexibility index (Phi) is 4.98. The molecule has 0 radical (unpaired) electrons. The summed E-state index contributed by atoms with van der Waals surface area (Å²) in [6, 6.07) is 6.95. The van der Waals surface area contributed by atoms with Crippen LogP contribution in [-0.4, -0.2) is 29.2 Å². The number of halogens is 2. The van der Waals surface area contributed by atoms with Gasteiger partial charge in [0.15, 0.2) is 11.5 Å². The first-order valence-electron chi connectivity index (χ1n) is 6.24. The molecule has 0 fully saturated rings. The molecule has 0 heterocycles. The Hall–Kier alpha value is -2.44. The van der Waals surface area contributed by atoms with Crippen molar-refractivity contribution in [3.63, 3.8) is 0 Å². The third-order valence-electron chi connectivity index (χ3n) is 2.97. The highest BCUT2D eigenvalue weighted by molar-refractivity contribution is 6.37. The Labute approximate surface area is 141 Å². The highest BCUT2D eigenvalue weighted by Crippen LogP contribution is 2.39. The zero-order valence-electron chi connectivity index (χ0n) is 11.8. The number of methoxy groups -OCH3 is 1. The monoisotopic (exact) mass is 355 g/mol. The number of nitrogens with one attached hydrogen (secondary N) is 1. The topological polar surface area (TPSA) is 95.9 Å². The molecule has 2 aromatic rings. The second-order valence-electron chi connectivity index (χ2n) is 4.44. The molecule has 0 bridgehead atoms. The van der Waals surface area contributed by atoms with Crippen molar-refractivity contribution in [3.05, 3.63) is 51.5 Å². The normalized spacial score (nSPS) is 10.2. The average molecular weight is 356 g/mol. The number of carbonyl (C=O) groups is 2. The predicted molar refractivity (Wildman–Crippen MR) is 85.5 cm³/mol. The molecule has 0 aliphatic carbocycles. The lowest BCUT2D eigenvalue weighted by Crippen LogP contribution is -2.13. The van der Waals surface area contributed by atoms with Gasteiger partial charge in [-0.2, -0.15) is 0 Å². The highest BCUT2D eigenvalue weighted by atomic mass is 35.5. The lowest BCUT2D eigenvalue weighted by molar-refractivity contribution is 0.0600. The van der Waals surface area contributed by atoms with Crippen LogP contribution in [0.4, 0.5) is 5.69 Å². The number of anilines is 1. The quantitative estimate of drug-likeness (QED) is 0.732. The van der Waals surface area contributed by atoms with E-state index in [1.165, 1.54) is 31.4 Å². The van der Waals surface area contributed by atoms with Crippen molar-refractivity contribution in [2.24, 2.45) is 0 Å². The molecule has 0 aliphatic rings. The summed E-state index contributed by atoms with van der Waals surface area (Å²) in [6.07, 6.45) is 0. The van der Waals surface area contributed by atoms with E-state index in [9.17, 15) is 19.8 Å². The maximum absolute atomic E-state index is 12.2. The fourth-order valence-corrected chi connectivity index (χ4v) is 2.28. The molecule has 23 heavy (non-hydrogen) atoms. The first-order valence-corrected chi connectivity index (χ1v) is 7.00. The van der Waals surface area contributed by atoms with Crippen LogP contribution in [0.25, 0.3) is 0 Å². The van der Waals surface area contributed by atoms with Crippen LogP contribution < -0.4 is 5.32 Å². The van der Waals surface area contributed by atoms with Crippen LogP contribution in [0.5, 0.6) is 11.5 Å². The zero-order valence-corrected chi connectivity index (χ0v) is 13.3. The van der Waals surface area contributed by atoms with Crippen LogP contribution in [0.2, 0.25) is 10.0 Å². The summed E-state index contributed by atoms with van der Waals surface area (Å²) >= 11 is 11.5. The van der Waals surface area contributed by atoms with Crippen molar-refractivity contribution < 1.29 is 24.5 Å². The summed E-state index contributed by atoms with van der Waals surface area (Å²) in [7, 11) is 1.26. The summed E-state index contributed by atoms with van der Waals surface area (Å²) in [5, 5.41) is 21.8. The Morgan fingerprint density at radius 2 is 1.57 bits per heavy atom. The van der Waals surface area contributed by atoms with E-state index < -0.39 is 28.9 Å². The molecule has 8 heteroatoms. The molecule has 1 amide bonds. The maximum Gasteiger partial charge on any atom is 0.337 e. The van der Waals surface area contributed by atoms with Crippen LogP contribution in [0.3, 0.4) is 0 Å². The van der Waals surface area contributed by atoms with Gasteiger partial charge in [0.2, 0.25) is 0 Å². The predicted octanol–water partition coefficient (Wildman–Crippen LogP) is 3.44.